The van der Waals surface area contributed by atoms with E-state index in [1.54, 1.807) is 24.3 Å². The van der Waals surface area contributed by atoms with Gasteiger partial charge in [0.05, 0.1) is 27.9 Å². The fourth-order valence-corrected chi connectivity index (χ4v) is 2.40. The van der Waals surface area contributed by atoms with Crippen LogP contribution in [0.3, 0.4) is 0 Å². The van der Waals surface area contributed by atoms with E-state index in [9.17, 15) is 29.8 Å². The highest BCUT2D eigenvalue weighted by Crippen LogP contribution is 2.22. The highest BCUT2D eigenvalue weighted by molar-refractivity contribution is 9.10. The normalized spacial score (nSPS) is 9.97. The lowest BCUT2D eigenvalue weighted by atomic mass is 10.1. The Morgan fingerprint density at radius 1 is 0.966 bits per heavy atom. The molecule has 0 radical (unpaired) electrons. The lowest BCUT2D eigenvalue weighted by molar-refractivity contribution is -0.394. The fourth-order valence-electron chi connectivity index (χ4n) is 2.13. The fraction of sp³-hybridized carbons (Fsp3) is 0.0588. The summed E-state index contributed by atoms with van der Waals surface area (Å²) in [5.74, 6) is -1.27. The van der Waals surface area contributed by atoms with Crippen LogP contribution in [-0.2, 0) is 4.79 Å². The van der Waals surface area contributed by atoms with Crippen LogP contribution in [0.15, 0.2) is 59.2 Å². The van der Waals surface area contributed by atoms with Crippen molar-refractivity contribution >= 4 is 44.8 Å². The molecular formula is C17H14BrN5O6. The topological polar surface area (TPSA) is 157 Å². The van der Waals surface area contributed by atoms with Crippen LogP contribution in [0.4, 0.5) is 17.1 Å². The van der Waals surface area contributed by atoms with Crippen LogP contribution in [0.2, 0.25) is 0 Å². The summed E-state index contributed by atoms with van der Waals surface area (Å²) in [5, 5.41) is 24.4. The molecule has 11 nitrogen and oxygen atoms in total. The van der Waals surface area contributed by atoms with Crippen LogP contribution in [0.5, 0.6) is 0 Å². The number of halogens is 1. The number of carbonyl (C=O) groups excluding carboxylic acids is 2. The molecule has 12 heteroatoms. The van der Waals surface area contributed by atoms with Crippen molar-refractivity contribution < 1.29 is 19.4 Å². The van der Waals surface area contributed by atoms with E-state index in [4.69, 9.17) is 0 Å². The average molecular weight is 464 g/mol. The van der Waals surface area contributed by atoms with Crippen LogP contribution in [0.1, 0.15) is 16.8 Å². The third-order valence-electron chi connectivity index (χ3n) is 3.44. The quantitative estimate of drug-likeness (QED) is 0.400. The van der Waals surface area contributed by atoms with Crippen molar-refractivity contribution in [2.75, 3.05) is 5.32 Å². The van der Waals surface area contributed by atoms with E-state index < -0.39 is 33.0 Å². The molecule has 0 atom stereocenters. The molecule has 0 bridgehead atoms. The van der Waals surface area contributed by atoms with Crippen LogP contribution in [0, 0.1) is 20.2 Å². The smallest absolute Gasteiger partial charge is 0.277 e. The first-order chi connectivity index (χ1) is 13.7. The van der Waals surface area contributed by atoms with Gasteiger partial charge in [0.25, 0.3) is 17.3 Å². The van der Waals surface area contributed by atoms with Crippen LogP contribution >= 0.6 is 15.9 Å². The number of hydrogen-bond donors (Lipinski definition) is 3. The first-order valence-corrected chi connectivity index (χ1v) is 8.68. The molecule has 2 rings (SSSR count). The molecule has 2 aromatic rings. The van der Waals surface area contributed by atoms with E-state index in [0.717, 1.165) is 22.7 Å². The minimum atomic E-state index is -0.869. The maximum Gasteiger partial charge on any atom is 0.277 e. The molecule has 0 heterocycles. The largest absolute Gasteiger partial charge is 0.326 e. The van der Waals surface area contributed by atoms with E-state index in [0.29, 0.717) is 5.69 Å². The van der Waals surface area contributed by atoms with Crippen LogP contribution in [-0.4, -0.2) is 21.7 Å². The van der Waals surface area contributed by atoms with Gasteiger partial charge in [-0.05, 0) is 24.3 Å². The first kappa shape index (κ1) is 21.5. The summed E-state index contributed by atoms with van der Waals surface area (Å²) in [7, 11) is 0. The standard InChI is InChI=1S/C17H14BrN5O6/c1-10(6-16(24)19-13-4-2-12(18)3-5-13)20-21-17(25)11-7-14(22(26)27)9-15(8-11)23(28)29/h2-5,7-9,20H,1,6H2,(H,19,24)(H,21,25). The van der Waals surface area contributed by atoms with E-state index in [1.165, 1.54) is 0 Å². The summed E-state index contributed by atoms with van der Waals surface area (Å²) in [4.78, 5) is 44.2. The zero-order chi connectivity index (χ0) is 21.6. The van der Waals surface area contributed by atoms with E-state index in [-0.39, 0.29) is 17.7 Å². The van der Waals surface area contributed by atoms with Crippen molar-refractivity contribution in [2.24, 2.45) is 0 Å². The second-order valence-electron chi connectivity index (χ2n) is 5.67. The molecule has 0 aliphatic rings. The molecule has 0 fully saturated rings. The van der Waals surface area contributed by atoms with Gasteiger partial charge in [0.2, 0.25) is 5.91 Å². The Bertz CT molecular complexity index is 960. The van der Waals surface area contributed by atoms with Crippen LogP contribution < -0.4 is 16.2 Å². The number of amides is 2. The Kier molecular flexibility index (Phi) is 6.98. The molecule has 150 valence electrons. The molecule has 3 N–H and O–H groups in total. The average Bonchev–Trinajstić information content (AvgIpc) is 2.67. The maximum atomic E-state index is 12.1. The van der Waals surface area contributed by atoms with Crippen molar-refractivity contribution in [1.82, 2.24) is 10.9 Å². The minimum Gasteiger partial charge on any atom is -0.326 e. The summed E-state index contributed by atoms with van der Waals surface area (Å²) in [5.41, 5.74) is 3.79. The van der Waals surface area contributed by atoms with Gasteiger partial charge in [-0.2, -0.15) is 0 Å². The minimum absolute atomic E-state index is 0.132. The molecule has 0 spiro atoms. The number of anilines is 1. The van der Waals surface area contributed by atoms with Gasteiger partial charge in [-0.15, -0.1) is 0 Å². The predicted octanol–water partition coefficient (Wildman–Crippen LogP) is 3.04. The Hall–Kier alpha value is -3.80. The predicted molar refractivity (Wildman–Crippen MR) is 107 cm³/mol. The summed E-state index contributed by atoms with van der Waals surface area (Å²) in [6, 6.07) is 9.42. The van der Waals surface area contributed by atoms with Crippen molar-refractivity contribution in [3.63, 3.8) is 0 Å². The highest BCUT2D eigenvalue weighted by atomic mass is 79.9. The van der Waals surface area contributed by atoms with Gasteiger partial charge in [0, 0.05) is 28.0 Å². The molecule has 0 saturated heterocycles. The Labute approximate surface area is 172 Å². The number of carbonyl (C=O) groups is 2. The van der Waals surface area contributed by atoms with Gasteiger partial charge in [-0.1, -0.05) is 22.5 Å². The molecule has 2 amide bonds. The summed E-state index contributed by atoms with van der Waals surface area (Å²) in [6.45, 7) is 3.60. The second kappa shape index (κ2) is 9.41. The lowest BCUT2D eigenvalue weighted by Crippen LogP contribution is -2.37. The zero-order valence-electron chi connectivity index (χ0n) is 14.7. The van der Waals surface area contributed by atoms with Crippen LogP contribution in [0.25, 0.3) is 0 Å². The number of benzene rings is 2. The second-order valence-corrected chi connectivity index (χ2v) is 6.58. The third-order valence-corrected chi connectivity index (χ3v) is 3.97. The monoisotopic (exact) mass is 463 g/mol. The number of nitrogens with one attached hydrogen (secondary N) is 3. The van der Waals surface area contributed by atoms with Crippen molar-refractivity contribution in [2.45, 2.75) is 6.42 Å². The van der Waals surface area contributed by atoms with Crippen molar-refractivity contribution in [1.29, 1.82) is 0 Å². The molecule has 0 aromatic heterocycles. The molecular weight excluding hydrogens is 450 g/mol. The van der Waals surface area contributed by atoms with Gasteiger partial charge in [0.15, 0.2) is 0 Å². The van der Waals surface area contributed by atoms with Gasteiger partial charge in [0.1, 0.15) is 0 Å². The zero-order valence-corrected chi connectivity index (χ0v) is 16.3. The molecule has 0 aliphatic heterocycles. The van der Waals surface area contributed by atoms with Crippen molar-refractivity contribution in [3.8, 4) is 0 Å². The van der Waals surface area contributed by atoms with Gasteiger partial charge in [-0.25, -0.2) is 0 Å². The number of hydrogen-bond acceptors (Lipinski definition) is 7. The number of nitro benzene ring substituents is 2. The number of rotatable bonds is 8. The summed E-state index contributed by atoms with van der Waals surface area (Å²) in [6.07, 6.45) is -0.175. The molecule has 0 unspecified atom stereocenters. The number of non-ortho nitro benzene ring substituents is 2. The molecule has 0 aliphatic carbocycles. The molecule has 2 aromatic carbocycles. The van der Waals surface area contributed by atoms with Gasteiger partial charge >= 0.3 is 0 Å². The summed E-state index contributed by atoms with van der Waals surface area (Å²) >= 11 is 3.28. The van der Waals surface area contributed by atoms with Crippen molar-refractivity contribution in [3.05, 3.63) is 85.0 Å². The number of nitro groups is 2. The maximum absolute atomic E-state index is 12.1. The first-order valence-electron chi connectivity index (χ1n) is 7.89. The van der Waals surface area contributed by atoms with E-state index in [1.807, 2.05) is 0 Å². The van der Waals surface area contributed by atoms with E-state index in [2.05, 4.69) is 38.7 Å². The van der Waals surface area contributed by atoms with Gasteiger partial charge in [-0.3, -0.25) is 35.2 Å². The molecule has 0 saturated carbocycles. The Morgan fingerprint density at radius 3 is 2.03 bits per heavy atom. The SMILES string of the molecule is C=C(CC(=O)Nc1ccc(Br)cc1)NNC(=O)c1cc([N+](=O)[O-])cc([N+](=O)[O-])c1. The summed E-state index contributed by atoms with van der Waals surface area (Å²) < 4.78 is 0.852. The Balaban J connectivity index is 1.95. The highest BCUT2D eigenvalue weighted by Gasteiger charge is 2.20. The lowest BCUT2D eigenvalue weighted by Gasteiger charge is -2.11. The van der Waals surface area contributed by atoms with Gasteiger partial charge < -0.3 is 10.7 Å². The number of nitrogens with zero attached hydrogens (tertiary/aromatic N) is 2. The van der Waals surface area contributed by atoms with E-state index >= 15 is 0 Å². The number of hydrazine groups is 1. The third kappa shape index (κ3) is 6.39. The Morgan fingerprint density at radius 2 is 1.52 bits per heavy atom. The molecule has 29 heavy (non-hydrogen) atoms.